The molecule has 0 spiro atoms. The van der Waals surface area contributed by atoms with Crippen molar-refractivity contribution in [3.63, 3.8) is 0 Å². The monoisotopic (exact) mass is 279 g/mol. The minimum atomic E-state index is -0.0509. The Bertz CT molecular complexity index is 413. The van der Waals surface area contributed by atoms with E-state index in [1.807, 2.05) is 12.1 Å². The Morgan fingerprint density at radius 2 is 2.30 bits per heavy atom. The average molecular weight is 279 g/mol. The lowest BCUT2D eigenvalue weighted by Gasteiger charge is -2.32. The van der Waals surface area contributed by atoms with Crippen LogP contribution < -0.4 is 10.1 Å². The summed E-state index contributed by atoms with van der Waals surface area (Å²) in [6.07, 6.45) is 5.36. The van der Waals surface area contributed by atoms with Gasteiger partial charge in [0.25, 0.3) is 0 Å². The fourth-order valence-electron chi connectivity index (χ4n) is 2.20. The molecule has 2 amide bonds. The Morgan fingerprint density at radius 3 is 3.05 bits per heavy atom. The molecule has 1 N–H and O–H groups in total. The van der Waals surface area contributed by atoms with E-state index in [9.17, 15) is 4.79 Å². The van der Waals surface area contributed by atoms with Gasteiger partial charge >= 0.3 is 6.03 Å². The van der Waals surface area contributed by atoms with Crippen molar-refractivity contribution in [2.24, 2.45) is 0 Å². The average Bonchev–Trinajstić information content (AvgIpc) is 2.49. The Labute approximate surface area is 119 Å². The molecule has 0 bridgehead atoms. The summed E-state index contributed by atoms with van der Waals surface area (Å²) in [5, 5.41) is 2.83. The van der Waals surface area contributed by atoms with Crippen LogP contribution in [0.1, 0.15) is 12.8 Å². The molecule has 0 aliphatic carbocycles. The Hall–Kier alpha value is -1.82. The van der Waals surface area contributed by atoms with Crippen molar-refractivity contribution >= 4 is 6.03 Å². The minimum Gasteiger partial charge on any atom is -0.488 e. The number of aromatic nitrogens is 1. The first kappa shape index (κ1) is 14.6. The molecular formula is C14H21N3O3. The van der Waals surface area contributed by atoms with Gasteiger partial charge in [0.2, 0.25) is 0 Å². The number of rotatable bonds is 5. The minimum absolute atomic E-state index is 0.0410. The lowest BCUT2D eigenvalue weighted by molar-refractivity contribution is 0.100. The van der Waals surface area contributed by atoms with E-state index in [-0.39, 0.29) is 12.1 Å². The van der Waals surface area contributed by atoms with Crippen molar-refractivity contribution in [2.45, 2.75) is 18.9 Å². The number of carbonyl (C=O) groups is 1. The van der Waals surface area contributed by atoms with Crippen LogP contribution in [0, 0.1) is 0 Å². The van der Waals surface area contributed by atoms with Crippen molar-refractivity contribution in [1.29, 1.82) is 0 Å². The highest BCUT2D eigenvalue weighted by Gasteiger charge is 2.24. The number of piperidine rings is 1. The maximum absolute atomic E-state index is 12.0. The third-order valence-electron chi connectivity index (χ3n) is 3.20. The van der Waals surface area contributed by atoms with Crippen LogP contribution >= 0.6 is 0 Å². The highest BCUT2D eigenvalue weighted by molar-refractivity contribution is 5.74. The molecule has 0 radical (unpaired) electrons. The molecule has 6 nitrogen and oxygen atoms in total. The van der Waals surface area contributed by atoms with E-state index in [0.29, 0.717) is 19.7 Å². The molecule has 0 saturated carbocycles. The Kier molecular flexibility index (Phi) is 5.61. The van der Waals surface area contributed by atoms with Crippen LogP contribution in [-0.2, 0) is 4.74 Å². The van der Waals surface area contributed by atoms with Gasteiger partial charge in [-0.25, -0.2) is 4.79 Å². The smallest absolute Gasteiger partial charge is 0.317 e. The number of amides is 2. The maximum Gasteiger partial charge on any atom is 0.317 e. The van der Waals surface area contributed by atoms with Gasteiger partial charge in [-0.2, -0.15) is 0 Å². The number of likely N-dealkylation sites (tertiary alicyclic amines) is 1. The van der Waals surface area contributed by atoms with E-state index >= 15 is 0 Å². The SMILES string of the molecule is COCCNC(=O)N1CCCC(Oc2ccncc2)C1. The first-order valence-electron chi connectivity index (χ1n) is 6.88. The summed E-state index contributed by atoms with van der Waals surface area (Å²) >= 11 is 0. The lowest BCUT2D eigenvalue weighted by Crippen LogP contribution is -2.49. The summed E-state index contributed by atoms with van der Waals surface area (Å²) < 4.78 is 10.8. The number of nitrogens with zero attached hydrogens (tertiary/aromatic N) is 2. The number of methoxy groups -OCH3 is 1. The number of nitrogens with one attached hydrogen (secondary N) is 1. The van der Waals surface area contributed by atoms with Gasteiger partial charge in [0.15, 0.2) is 0 Å². The molecule has 1 aliphatic heterocycles. The van der Waals surface area contributed by atoms with Gasteiger partial charge in [0.05, 0.1) is 13.2 Å². The van der Waals surface area contributed by atoms with Crippen molar-refractivity contribution in [1.82, 2.24) is 15.2 Å². The summed E-state index contributed by atoms with van der Waals surface area (Å²) in [6.45, 7) is 2.44. The molecule has 20 heavy (non-hydrogen) atoms. The molecule has 1 aromatic heterocycles. The molecule has 1 saturated heterocycles. The Balaban J connectivity index is 1.80. The van der Waals surface area contributed by atoms with Crippen LogP contribution in [0.4, 0.5) is 4.79 Å². The molecule has 1 aromatic rings. The topological polar surface area (TPSA) is 63.7 Å². The molecule has 6 heteroatoms. The van der Waals surface area contributed by atoms with E-state index < -0.39 is 0 Å². The fourth-order valence-corrected chi connectivity index (χ4v) is 2.20. The molecule has 1 fully saturated rings. The van der Waals surface area contributed by atoms with Crippen LogP contribution in [0.5, 0.6) is 5.75 Å². The molecule has 1 atom stereocenters. The second-order valence-corrected chi connectivity index (χ2v) is 4.74. The quantitative estimate of drug-likeness (QED) is 0.825. The predicted molar refractivity (Wildman–Crippen MR) is 74.7 cm³/mol. The fraction of sp³-hybridized carbons (Fsp3) is 0.571. The van der Waals surface area contributed by atoms with Crippen molar-refractivity contribution in [2.75, 3.05) is 33.4 Å². The van der Waals surface area contributed by atoms with E-state index in [1.54, 1.807) is 24.4 Å². The van der Waals surface area contributed by atoms with Crippen LogP contribution in [-0.4, -0.2) is 55.4 Å². The van der Waals surface area contributed by atoms with Gasteiger partial charge in [0.1, 0.15) is 11.9 Å². The maximum atomic E-state index is 12.0. The van der Waals surface area contributed by atoms with Crippen molar-refractivity contribution < 1.29 is 14.3 Å². The molecule has 0 aromatic carbocycles. The Morgan fingerprint density at radius 1 is 1.50 bits per heavy atom. The van der Waals surface area contributed by atoms with E-state index in [0.717, 1.165) is 25.1 Å². The van der Waals surface area contributed by atoms with Crippen LogP contribution in [0.25, 0.3) is 0 Å². The predicted octanol–water partition coefficient (Wildman–Crippen LogP) is 1.28. The molecule has 110 valence electrons. The number of pyridine rings is 1. The van der Waals surface area contributed by atoms with Crippen LogP contribution in [0.2, 0.25) is 0 Å². The van der Waals surface area contributed by atoms with Gasteiger partial charge in [-0.15, -0.1) is 0 Å². The van der Waals surface area contributed by atoms with Gasteiger partial charge < -0.3 is 19.7 Å². The summed E-state index contributed by atoms with van der Waals surface area (Å²) in [5.41, 5.74) is 0. The highest BCUT2D eigenvalue weighted by Crippen LogP contribution is 2.17. The third-order valence-corrected chi connectivity index (χ3v) is 3.20. The molecule has 1 unspecified atom stereocenters. The van der Waals surface area contributed by atoms with Crippen molar-refractivity contribution in [3.05, 3.63) is 24.5 Å². The number of hydrogen-bond donors (Lipinski definition) is 1. The zero-order chi connectivity index (χ0) is 14.2. The summed E-state index contributed by atoms with van der Waals surface area (Å²) in [5.74, 6) is 0.798. The second kappa shape index (κ2) is 7.69. The molecular weight excluding hydrogens is 258 g/mol. The zero-order valence-electron chi connectivity index (χ0n) is 11.7. The van der Waals surface area contributed by atoms with Crippen molar-refractivity contribution in [3.8, 4) is 5.75 Å². The zero-order valence-corrected chi connectivity index (χ0v) is 11.7. The first-order chi connectivity index (χ1) is 9.79. The molecule has 2 heterocycles. The summed E-state index contributed by atoms with van der Waals surface area (Å²) in [6, 6.07) is 3.61. The van der Waals surface area contributed by atoms with Gasteiger partial charge in [-0.1, -0.05) is 0 Å². The van der Waals surface area contributed by atoms with E-state index in [1.165, 1.54) is 0 Å². The summed E-state index contributed by atoms with van der Waals surface area (Å²) in [4.78, 5) is 17.7. The van der Waals surface area contributed by atoms with Crippen LogP contribution in [0.15, 0.2) is 24.5 Å². The number of hydrogen-bond acceptors (Lipinski definition) is 4. The number of urea groups is 1. The highest BCUT2D eigenvalue weighted by atomic mass is 16.5. The van der Waals surface area contributed by atoms with E-state index in [2.05, 4.69) is 10.3 Å². The van der Waals surface area contributed by atoms with Gasteiger partial charge in [-0.3, -0.25) is 4.98 Å². The first-order valence-corrected chi connectivity index (χ1v) is 6.88. The van der Waals surface area contributed by atoms with Crippen LogP contribution in [0.3, 0.4) is 0 Å². The van der Waals surface area contributed by atoms with E-state index in [4.69, 9.17) is 9.47 Å². The van der Waals surface area contributed by atoms with Gasteiger partial charge in [0, 0.05) is 32.6 Å². The largest absolute Gasteiger partial charge is 0.488 e. The standard InChI is InChI=1S/C14H21N3O3/c1-19-10-8-16-14(18)17-9-2-3-13(11-17)20-12-4-6-15-7-5-12/h4-7,13H,2-3,8-11H2,1H3,(H,16,18). The number of ether oxygens (including phenoxy) is 2. The molecule has 2 rings (SSSR count). The lowest BCUT2D eigenvalue weighted by atomic mass is 10.1. The number of carbonyl (C=O) groups excluding carboxylic acids is 1. The molecule has 1 aliphatic rings. The normalized spacial score (nSPS) is 18.6. The third kappa shape index (κ3) is 4.38. The van der Waals surface area contributed by atoms with Gasteiger partial charge in [-0.05, 0) is 25.0 Å². The second-order valence-electron chi connectivity index (χ2n) is 4.74. The summed E-state index contributed by atoms with van der Waals surface area (Å²) in [7, 11) is 1.62.